The van der Waals surface area contributed by atoms with Crippen molar-refractivity contribution in [3.05, 3.63) is 17.4 Å². The Morgan fingerprint density at radius 1 is 1.53 bits per heavy atom. The van der Waals surface area contributed by atoms with Gasteiger partial charge in [-0.1, -0.05) is 11.6 Å². The molecule has 17 heavy (non-hydrogen) atoms. The first-order valence-corrected chi connectivity index (χ1v) is 6.42. The van der Waals surface area contributed by atoms with E-state index in [0.29, 0.717) is 5.69 Å². The first-order valence-electron chi connectivity index (χ1n) is 4.60. The molecular formula is C8H7ClFN3O3S. The molecule has 2 rings (SSSR count). The van der Waals surface area contributed by atoms with Crippen LogP contribution < -0.4 is 4.90 Å². The maximum atomic E-state index is 12.8. The molecule has 1 fully saturated rings. The largest absolute Gasteiger partial charge is 0.309 e. The summed E-state index contributed by atoms with van der Waals surface area (Å²) in [5.41, 5.74) is 0.307. The van der Waals surface area contributed by atoms with Crippen molar-refractivity contribution in [2.75, 3.05) is 11.4 Å². The van der Waals surface area contributed by atoms with Crippen LogP contribution in [0.25, 0.3) is 0 Å². The maximum absolute atomic E-state index is 12.8. The molecule has 1 aliphatic heterocycles. The van der Waals surface area contributed by atoms with E-state index in [2.05, 4.69) is 10.2 Å². The minimum absolute atomic E-state index is 0.0712. The molecule has 1 atom stereocenters. The lowest BCUT2D eigenvalue weighted by Gasteiger charge is -2.14. The van der Waals surface area contributed by atoms with Crippen molar-refractivity contribution in [1.29, 1.82) is 0 Å². The molecule has 1 aliphatic rings. The lowest BCUT2D eigenvalue weighted by molar-refractivity contribution is -0.117. The number of hydrogen-bond acceptors (Lipinski definition) is 5. The highest BCUT2D eigenvalue weighted by molar-refractivity contribution is 7.87. The van der Waals surface area contributed by atoms with Gasteiger partial charge in [0.25, 0.3) is 0 Å². The summed E-state index contributed by atoms with van der Waals surface area (Å²) in [5.74, 6) is -0.486. The van der Waals surface area contributed by atoms with Crippen molar-refractivity contribution in [2.45, 2.75) is 11.7 Å². The Labute approximate surface area is 102 Å². The standard InChI is InChI=1S/C8H7ClFN3O3S/c9-7-1-5(3-11-12-7)13-4-6(2-8(13)14)17(10,15)16/h1,3,6H,2,4H2. The molecule has 0 N–H and O–H groups in total. The van der Waals surface area contributed by atoms with Crippen molar-refractivity contribution in [3.63, 3.8) is 0 Å². The Kier molecular flexibility index (Phi) is 3.00. The van der Waals surface area contributed by atoms with Crippen LogP contribution in [0.4, 0.5) is 9.57 Å². The van der Waals surface area contributed by atoms with Gasteiger partial charge in [-0.3, -0.25) is 4.79 Å². The predicted octanol–water partition coefficient (Wildman–Crippen LogP) is 0.535. The van der Waals surface area contributed by atoms with Gasteiger partial charge in [0, 0.05) is 19.0 Å². The molecule has 0 aliphatic carbocycles. The lowest BCUT2D eigenvalue weighted by Crippen LogP contribution is -2.27. The molecule has 2 heterocycles. The van der Waals surface area contributed by atoms with Crippen LogP contribution in [-0.4, -0.2) is 36.3 Å². The fourth-order valence-electron chi connectivity index (χ4n) is 1.59. The van der Waals surface area contributed by atoms with Crippen LogP contribution in [0.1, 0.15) is 6.42 Å². The van der Waals surface area contributed by atoms with Gasteiger partial charge in [0.1, 0.15) is 5.25 Å². The van der Waals surface area contributed by atoms with E-state index in [1.54, 1.807) is 0 Å². The number of nitrogens with zero attached hydrogens (tertiary/aromatic N) is 3. The topological polar surface area (TPSA) is 80.2 Å². The lowest BCUT2D eigenvalue weighted by atomic mass is 10.4. The van der Waals surface area contributed by atoms with Gasteiger partial charge in [-0.25, -0.2) is 0 Å². The Morgan fingerprint density at radius 2 is 2.24 bits per heavy atom. The van der Waals surface area contributed by atoms with Crippen LogP contribution in [0.2, 0.25) is 5.15 Å². The van der Waals surface area contributed by atoms with Gasteiger partial charge >= 0.3 is 10.2 Å². The van der Waals surface area contributed by atoms with Crippen LogP contribution in [0, 0.1) is 0 Å². The average Bonchev–Trinajstić information content (AvgIpc) is 2.60. The quantitative estimate of drug-likeness (QED) is 0.738. The smallest absolute Gasteiger partial charge is 0.307 e. The van der Waals surface area contributed by atoms with Gasteiger partial charge in [-0.2, -0.15) is 13.5 Å². The summed E-state index contributed by atoms with van der Waals surface area (Å²) in [6.07, 6.45) is 0.885. The van der Waals surface area contributed by atoms with Gasteiger partial charge in [-0.15, -0.1) is 8.98 Å². The fourth-order valence-corrected chi connectivity index (χ4v) is 2.42. The molecule has 0 saturated carbocycles. The van der Waals surface area contributed by atoms with E-state index in [1.807, 2.05) is 0 Å². The number of anilines is 1. The highest BCUT2D eigenvalue weighted by atomic mass is 35.5. The van der Waals surface area contributed by atoms with Crippen LogP contribution in [-0.2, 0) is 15.0 Å². The second kappa shape index (κ2) is 4.19. The van der Waals surface area contributed by atoms with E-state index in [9.17, 15) is 17.1 Å². The molecule has 6 nitrogen and oxygen atoms in total. The summed E-state index contributed by atoms with van der Waals surface area (Å²) in [7, 11) is -4.72. The Bertz CT molecular complexity index is 565. The van der Waals surface area contributed by atoms with E-state index in [1.165, 1.54) is 12.3 Å². The number of carbonyl (C=O) groups excluding carboxylic acids is 1. The third-order valence-electron chi connectivity index (χ3n) is 2.41. The first-order chi connectivity index (χ1) is 7.88. The van der Waals surface area contributed by atoms with Gasteiger partial charge in [0.05, 0.1) is 11.9 Å². The van der Waals surface area contributed by atoms with Gasteiger partial charge in [-0.05, 0) is 0 Å². The van der Waals surface area contributed by atoms with E-state index in [0.717, 1.165) is 4.90 Å². The van der Waals surface area contributed by atoms with Crippen molar-refractivity contribution >= 4 is 33.4 Å². The number of hydrogen-bond donors (Lipinski definition) is 0. The summed E-state index contributed by atoms with van der Waals surface area (Å²) in [4.78, 5) is 12.7. The monoisotopic (exact) mass is 279 g/mol. The van der Waals surface area contributed by atoms with Gasteiger partial charge in [0.15, 0.2) is 5.15 Å². The molecule has 1 amide bonds. The molecule has 0 spiro atoms. The fraction of sp³-hybridized carbons (Fsp3) is 0.375. The zero-order chi connectivity index (χ0) is 12.6. The highest BCUT2D eigenvalue weighted by Crippen LogP contribution is 2.26. The number of amides is 1. The Morgan fingerprint density at radius 3 is 2.76 bits per heavy atom. The molecular weight excluding hydrogens is 273 g/mol. The Balaban J connectivity index is 2.28. The van der Waals surface area contributed by atoms with E-state index >= 15 is 0 Å². The SMILES string of the molecule is O=C1CC(S(=O)(=O)F)CN1c1cnnc(Cl)c1. The number of carbonyl (C=O) groups is 1. The minimum Gasteiger partial charge on any atom is -0.309 e. The molecule has 1 aromatic heterocycles. The van der Waals surface area contributed by atoms with E-state index in [-0.39, 0.29) is 18.1 Å². The molecule has 0 radical (unpaired) electrons. The maximum Gasteiger partial charge on any atom is 0.307 e. The molecule has 0 bridgehead atoms. The summed E-state index contributed by atoms with van der Waals surface area (Å²) in [5, 5.41) is 5.76. The number of halogens is 2. The third kappa shape index (κ3) is 2.52. The van der Waals surface area contributed by atoms with Crippen LogP contribution >= 0.6 is 11.6 Å². The predicted molar refractivity (Wildman–Crippen MR) is 57.8 cm³/mol. The van der Waals surface area contributed by atoms with E-state index in [4.69, 9.17) is 11.6 Å². The van der Waals surface area contributed by atoms with Gasteiger partial charge < -0.3 is 4.90 Å². The second-order valence-corrected chi connectivity index (χ2v) is 5.55. The van der Waals surface area contributed by atoms with E-state index < -0.39 is 21.4 Å². The van der Waals surface area contributed by atoms with Crippen LogP contribution in [0.5, 0.6) is 0 Å². The molecule has 0 aromatic carbocycles. The molecule has 1 aromatic rings. The third-order valence-corrected chi connectivity index (χ3v) is 3.71. The van der Waals surface area contributed by atoms with Crippen LogP contribution in [0.3, 0.4) is 0 Å². The van der Waals surface area contributed by atoms with Crippen molar-refractivity contribution < 1.29 is 17.1 Å². The minimum atomic E-state index is -4.72. The highest BCUT2D eigenvalue weighted by Gasteiger charge is 2.39. The zero-order valence-corrected chi connectivity index (χ0v) is 9.95. The molecule has 92 valence electrons. The second-order valence-electron chi connectivity index (χ2n) is 3.54. The molecule has 1 unspecified atom stereocenters. The first kappa shape index (κ1) is 12.2. The zero-order valence-electron chi connectivity index (χ0n) is 8.38. The van der Waals surface area contributed by atoms with Crippen molar-refractivity contribution in [1.82, 2.24) is 10.2 Å². The normalized spacial score (nSPS) is 20.9. The summed E-state index contributed by atoms with van der Waals surface area (Å²) in [6, 6.07) is 1.36. The average molecular weight is 280 g/mol. The molecule has 9 heteroatoms. The van der Waals surface area contributed by atoms with Gasteiger partial charge in [0.2, 0.25) is 5.91 Å². The summed E-state index contributed by atoms with van der Waals surface area (Å²) < 4.78 is 34.2. The van der Waals surface area contributed by atoms with Crippen LogP contribution in [0.15, 0.2) is 12.3 Å². The number of rotatable bonds is 2. The summed E-state index contributed by atoms with van der Waals surface area (Å²) >= 11 is 5.59. The van der Waals surface area contributed by atoms with Crippen molar-refractivity contribution in [2.24, 2.45) is 0 Å². The molecule has 1 saturated heterocycles. The Hall–Kier alpha value is -1.28. The summed E-state index contributed by atoms with van der Waals surface area (Å²) in [6.45, 7) is -0.236. The van der Waals surface area contributed by atoms with Crippen molar-refractivity contribution in [3.8, 4) is 0 Å². The number of aromatic nitrogens is 2.